The maximum absolute atomic E-state index is 3.69. The summed E-state index contributed by atoms with van der Waals surface area (Å²) < 4.78 is 1.21. The molecule has 2 fully saturated rings. The van der Waals surface area contributed by atoms with Gasteiger partial charge in [-0.25, -0.2) is 0 Å². The van der Waals surface area contributed by atoms with Gasteiger partial charge in [-0.05, 0) is 49.3 Å². The van der Waals surface area contributed by atoms with E-state index in [0.717, 1.165) is 18.0 Å². The molecule has 1 N–H and O–H groups in total. The lowest BCUT2D eigenvalue weighted by molar-refractivity contribution is 0.289. The van der Waals surface area contributed by atoms with E-state index < -0.39 is 0 Å². The van der Waals surface area contributed by atoms with Crippen LogP contribution in [0.25, 0.3) is 0 Å². The zero-order valence-corrected chi connectivity index (χ0v) is 10.3. The molecule has 0 aromatic heterocycles. The van der Waals surface area contributed by atoms with Gasteiger partial charge in [0.1, 0.15) is 0 Å². The normalized spacial score (nSPS) is 29.9. The van der Waals surface area contributed by atoms with Crippen LogP contribution in [0.4, 0.5) is 0 Å². The molecule has 2 saturated carbocycles. The molecule has 2 heteroatoms. The van der Waals surface area contributed by atoms with Gasteiger partial charge >= 0.3 is 0 Å². The molecule has 1 nitrogen and oxygen atoms in total. The van der Waals surface area contributed by atoms with Crippen LogP contribution in [0.15, 0.2) is 28.7 Å². The van der Waals surface area contributed by atoms with E-state index in [0.29, 0.717) is 0 Å². The largest absolute Gasteiger partial charge is 0.311 e. The molecule has 0 saturated heterocycles. The summed E-state index contributed by atoms with van der Waals surface area (Å²) in [6.45, 7) is 0. The van der Waals surface area contributed by atoms with Crippen LogP contribution in [0.3, 0.4) is 0 Å². The molecule has 0 atom stereocenters. The van der Waals surface area contributed by atoms with Gasteiger partial charge in [0.15, 0.2) is 0 Å². The van der Waals surface area contributed by atoms with Crippen LogP contribution >= 0.6 is 15.9 Å². The average molecular weight is 266 g/mol. The Morgan fingerprint density at radius 2 is 1.93 bits per heavy atom. The molecule has 0 radical (unpaired) electrons. The van der Waals surface area contributed by atoms with Gasteiger partial charge < -0.3 is 5.32 Å². The highest BCUT2D eigenvalue weighted by Gasteiger charge is 2.34. The van der Waals surface area contributed by atoms with Gasteiger partial charge in [-0.1, -0.05) is 28.1 Å². The zero-order valence-electron chi connectivity index (χ0n) is 8.75. The first-order valence-electron chi connectivity index (χ1n) is 5.83. The molecule has 0 amide bonds. The first-order valence-corrected chi connectivity index (χ1v) is 6.62. The van der Waals surface area contributed by atoms with Crippen LogP contribution in [0.1, 0.15) is 37.2 Å². The Balaban J connectivity index is 1.57. The Morgan fingerprint density at radius 3 is 2.60 bits per heavy atom. The lowest BCUT2D eigenvalue weighted by Crippen LogP contribution is -2.41. The van der Waals surface area contributed by atoms with E-state index in [1.807, 2.05) is 0 Å². The van der Waals surface area contributed by atoms with Crippen LogP contribution in [0, 0.1) is 0 Å². The first kappa shape index (κ1) is 9.86. The van der Waals surface area contributed by atoms with E-state index in [1.54, 1.807) is 0 Å². The summed E-state index contributed by atoms with van der Waals surface area (Å²) in [6, 6.07) is 10.4. The minimum atomic E-state index is 0.791. The van der Waals surface area contributed by atoms with Gasteiger partial charge in [-0.15, -0.1) is 0 Å². The SMILES string of the molecule is Brc1cccc(C2CC(NC3CC3)C2)c1. The summed E-state index contributed by atoms with van der Waals surface area (Å²) in [5, 5.41) is 3.69. The van der Waals surface area contributed by atoms with Crippen molar-refractivity contribution in [2.45, 2.75) is 43.7 Å². The molecule has 3 rings (SSSR count). The number of benzene rings is 1. The van der Waals surface area contributed by atoms with Crippen molar-refractivity contribution in [3.63, 3.8) is 0 Å². The molecule has 0 unspecified atom stereocenters. The van der Waals surface area contributed by atoms with E-state index in [-0.39, 0.29) is 0 Å². The Morgan fingerprint density at radius 1 is 1.13 bits per heavy atom. The number of halogens is 1. The number of hydrogen-bond acceptors (Lipinski definition) is 1. The van der Waals surface area contributed by atoms with E-state index in [4.69, 9.17) is 0 Å². The Kier molecular flexibility index (Phi) is 2.57. The molecular formula is C13H16BrN. The second kappa shape index (κ2) is 3.91. The van der Waals surface area contributed by atoms with E-state index in [1.165, 1.54) is 35.7 Å². The molecular weight excluding hydrogens is 250 g/mol. The third-order valence-corrected chi connectivity index (χ3v) is 4.00. The van der Waals surface area contributed by atoms with E-state index in [2.05, 4.69) is 45.5 Å². The number of hydrogen-bond donors (Lipinski definition) is 1. The van der Waals surface area contributed by atoms with Gasteiger partial charge in [0.25, 0.3) is 0 Å². The summed E-state index contributed by atoms with van der Waals surface area (Å²) in [7, 11) is 0. The fourth-order valence-electron chi connectivity index (χ4n) is 2.37. The van der Waals surface area contributed by atoms with Crippen molar-refractivity contribution in [3.05, 3.63) is 34.3 Å². The number of rotatable bonds is 3. The summed E-state index contributed by atoms with van der Waals surface area (Å²) in [5.41, 5.74) is 1.50. The minimum Gasteiger partial charge on any atom is -0.311 e. The Hall–Kier alpha value is -0.340. The van der Waals surface area contributed by atoms with Crippen LogP contribution in [0.2, 0.25) is 0 Å². The second-order valence-corrected chi connectivity index (χ2v) is 5.78. The minimum absolute atomic E-state index is 0.791. The van der Waals surface area contributed by atoms with Crippen molar-refractivity contribution in [3.8, 4) is 0 Å². The quantitative estimate of drug-likeness (QED) is 0.883. The van der Waals surface area contributed by atoms with Gasteiger partial charge in [0.2, 0.25) is 0 Å². The summed E-state index contributed by atoms with van der Waals surface area (Å²) in [5.74, 6) is 0.791. The topological polar surface area (TPSA) is 12.0 Å². The van der Waals surface area contributed by atoms with Crippen LogP contribution in [-0.4, -0.2) is 12.1 Å². The molecule has 80 valence electrons. The average Bonchev–Trinajstić information content (AvgIpc) is 2.94. The lowest BCUT2D eigenvalue weighted by Gasteiger charge is -2.36. The fourth-order valence-corrected chi connectivity index (χ4v) is 2.79. The molecule has 1 aromatic carbocycles. The highest BCUT2D eigenvalue weighted by atomic mass is 79.9. The van der Waals surface area contributed by atoms with Crippen molar-refractivity contribution >= 4 is 15.9 Å². The van der Waals surface area contributed by atoms with Gasteiger partial charge in [0, 0.05) is 16.6 Å². The highest BCUT2D eigenvalue weighted by Crippen LogP contribution is 2.39. The second-order valence-electron chi connectivity index (χ2n) is 4.86. The molecule has 2 aliphatic rings. The molecule has 0 spiro atoms. The molecule has 0 heterocycles. The molecule has 15 heavy (non-hydrogen) atoms. The maximum Gasteiger partial charge on any atom is 0.0178 e. The summed E-state index contributed by atoms with van der Waals surface area (Å²) in [4.78, 5) is 0. The zero-order chi connectivity index (χ0) is 10.3. The monoisotopic (exact) mass is 265 g/mol. The summed E-state index contributed by atoms with van der Waals surface area (Å²) in [6.07, 6.45) is 5.45. The molecule has 0 bridgehead atoms. The van der Waals surface area contributed by atoms with Crippen molar-refractivity contribution < 1.29 is 0 Å². The fraction of sp³-hybridized carbons (Fsp3) is 0.538. The Bertz CT molecular complexity index is 353. The molecule has 1 aromatic rings. The molecule has 0 aliphatic heterocycles. The van der Waals surface area contributed by atoms with Crippen molar-refractivity contribution in [1.82, 2.24) is 5.32 Å². The van der Waals surface area contributed by atoms with Crippen molar-refractivity contribution in [2.75, 3.05) is 0 Å². The molecule has 2 aliphatic carbocycles. The van der Waals surface area contributed by atoms with Crippen LogP contribution in [0.5, 0.6) is 0 Å². The third-order valence-electron chi connectivity index (χ3n) is 3.51. The first-order chi connectivity index (χ1) is 7.31. The van der Waals surface area contributed by atoms with Gasteiger partial charge in [-0.3, -0.25) is 0 Å². The predicted octanol–water partition coefficient (Wildman–Crippen LogP) is 3.45. The lowest BCUT2D eigenvalue weighted by atomic mass is 9.76. The predicted molar refractivity (Wildman–Crippen MR) is 66.1 cm³/mol. The van der Waals surface area contributed by atoms with Crippen LogP contribution in [-0.2, 0) is 0 Å². The van der Waals surface area contributed by atoms with Gasteiger partial charge in [-0.2, -0.15) is 0 Å². The van der Waals surface area contributed by atoms with Crippen molar-refractivity contribution in [1.29, 1.82) is 0 Å². The number of nitrogens with one attached hydrogen (secondary N) is 1. The smallest absolute Gasteiger partial charge is 0.0178 e. The third kappa shape index (κ3) is 2.26. The van der Waals surface area contributed by atoms with Gasteiger partial charge in [0.05, 0.1) is 0 Å². The maximum atomic E-state index is 3.69. The van der Waals surface area contributed by atoms with E-state index >= 15 is 0 Å². The van der Waals surface area contributed by atoms with E-state index in [9.17, 15) is 0 Å². The standard InChI is InChI=1S/C13H16BrN/c14-11-3-1-2-9(6-11)10-7-13(8-10)15-12-4-5-12/h1-3,6,10,12-13,15H,4-5,7-8H2. The van der Waals surface area contributed by atoms with Crippen LogP contribution < -0.4 is 5.32 Å². The summed E-state index contributed by atoms with van der Waals surface area (Å²) >= 11 is 3.53. The highest BCUT2D eigenvalue weighted by molar-refractivity contribution is 9.10. The Labute approximate surface area is 99.4 Å². The van der Waals surface area contributed by atoms with Crippen molar-refractivity contribution in [2.24, 2.45) is 0 Å².